The Kier molecular flexibility index (Phi) is 6.79. The maximum Gasteiger partial charge on any atom is 0.407 e. The molecule has 8 heteroatoms. The molecule has 8 nitrogen and oxygen atoms in total. The minimum atomic E-state index is -0.510. The number of rotatable bonds is 7. The van der Waals surface area contributed by atoms with E-state index in [1.807, 2.05) is 6.08 Å². The molecule has 0 radical (unpaired) electrons. The summed E-state index contributed by atoms with van der Waals surface area (Å²) in [6.07, 6.45) is 9.74. The van der Waals surface area contributed by atoms with Crippen LogP contribution in [0.25, 0.3) is 0 Å². The van der Waals surface area contributed by atoms with Crippen LogP contribution in [0, 0.1) is 29.6 Å². The number of carbonyl (C=O) groups is 2. The van der Waals surface area contributed by atoms with Crippen molar-refractivity contribution >= 4 is 11.9 Å². The lowest BCUT2D eigenvalue weighted by Gasteiger charge is -2.58. The fourth-order valence-corrected chi connectivity index (χ4v) is 8.75. The van der Waals surface area contributed by atoms with Gasteiger partial charge in [-0.25, -0.2) is 4.79 Å². The number of hydrogen-bond acceptors (Lipinski definition) is 7. The van der Waals surface area contributed by atoms with Crippen molar-refractivity contribution in [1.29, 1.82) is 0 Å². The summed E-state index contributed by atoms with van der Waals surface area (Å²) in [5.41, 5.74) is 0.217. The van der Waals surface area contributed by atoms with Crippen LogP contribution in [0.15, 0.2) is 11.6 Å². The number of nitrogens with one attached hydrogen (secondary N) is 1. The molecular formula is C26H39NO7. The van der Waals surface area contributed by atoms with Gasteiger partial charge in [-0.3, -0.25) is 4.79 Å². The Balaban J connectivity index is 1.65. The summed E-state index contributed by atoms with van der Waals surface area (Å²) in [5, 5.41) is 3.43. The Morgan fingerprint density at radius 2 is 1.91 bits per heavy atom. The first-order chi connectivity index (χ1) is 16.5. The molecule has 5 aliphatic rings. The summed E-state index contributed by atoms with van der Waals surface area (Å²) >= 11 is 0. The van der Waals surface area contributed by atoms with Gasteiger partial charge in [-0.05, 0) is 62.4 Å². The van der Waals surface area contributed by atoms with E-state index in [9.17, 15) is 9.59 Å². The van der Waals surface area contributed by atoms with Crippen LogP contribution in [-0.2, 0) is 28.5 Å². The summed E-state index contributed by atoms with van der Waals surface area (Å²) in [6.45, 7) is 0.448. The number of ketones is 1. The number of carbonyl (C=O) groups excluding carboxylic acids is 2. The number of fused-ring (bicyclic) bond motifs is 9. The second-order valence-electron chi connectivity index (χ2n) is 10.9. The predicted octanol–water partition coefficient (Wildman–Crippen LogP) is 3.59. The highest BCUT2D eigenvalue weighted by molar-refractivity contribution is 5.91. The molecule has 190 valence electrons. The van der Waals surface area contributed by atoms with Gasteiger partial charge in [-0.15, -0.1) is 0 Å². The number of alkyl carbamates (subject to hydrolysis) is 1. The second-order valence-corrected chi connectivity index (χ2v) is 10.9. The maximum atomic E-state index is 12.9. The molecule has 5 rings (SSSR count). The van der Waals surface area contributed by atoms with Gasteiger partial charge in [0.25, 0.3) is 0 Å². The van der Waals surface area contributed by atoms with E-state index in [-0.39, 0.29) is 55.2 Å². The highest BCUT2D eigenvalue weighted by Crippen LogP contribution is 2.69. The van der Waals surface area contributed by atoms with Crippen LogP contribution in [0.1, 0.15) is 57.8 Å². The van der Waals surface area contributed by atoms with Crippen LogP contribution in [-0.4, -0.2) is 64.0 Å². The largest absolute Gasteiger partial charge is 0.453 e. The molecule has 1 amide bonds. The normalized spacial score (nSPS) is 42.8. The fourth-order valence-electron chi connectivity index (χ4n) is 8.75. The molecule has 8 atom stereocenters. The molecule has 0 aromatic heterocycles. The predicted molar refractivity (Wildman–Crippen MR) is 123 cm³/mol. The van der Waals surface area contributed by atoms with Gasteiger partial charge in [0.2, 0.25) is 0 Å². The van der Waals surface area contributed by atoms with Gasteiger partial charge >= 0.3 is 6.09 Å². The van der Waals surface area contributed by atoms with E-state index in [1.54, 1.807) is 14.2 Å². The maximum absolute atomic E-state index is 12.9. The minimum absolute atomic E-state index is 0.0320. The van der Waals surface area contributed by atoms with E-state index in [4.69, 9.17) is 23.7 Å². The van der Waals surface area contributed by atoms with Crippen molar-refractivity contribution < 1.29 is 33.3 Å². The van der Waals surface area contributed by atoms with Crippen molar-refractivity contribution in [2.75, 3.05) is 34.9 Å². The third-order valence-electron chi connectivity index (χ3n) is 9.68. The van der Waals surface area contributed by atoms with Gasteiger partial charge in [0, 0.05) is 32.5 Å². The molecule has 0 aromatic rings. The quantitative estimate of drug-likeness (QED) is 0.560. The monoisotopic (exact) mass is 477 g/mol. The Morgan fingerprint density at radius 1 is 1.12 bits per heavy atom. The number of amides is 1. The highest BCUT2D eigenvalue weighted by Gasteiger charge is 2.74. The molecule has 0 spiro atoms. The zero-order valence-corrected chi connectivity index (χ0v) is 20.7. The molecule has 0 saturated heterocycles. The van der Waals surface area contributed by atoms with Crippen LogP contribution in [0.2, 0.25) is 0 Å². The van der Waals surface area contributed by atoms with Crippen molar-refractivity contribution in [3.63, 3.8) is 0 Å². The van der Waals surface area contributed by atoms with Crippen LogP contribution in [0.3, 0.4) is 0 Å². The number of methoxy groups -OCH3 is 3. The van der Waals surface area contributed by atoms with E-state index in [2.05, 4.69) is 5.32 Å². The lowest BCUT2D eigenvalue weighted by Crippen LogP contribution is -2.68. The van der Waals surface area contributed by atoms with Gasteiger partial charge in [-0.2, -0.15) is 0 Å². The first-order valence-electron chi connectivity index (χ1n) is 12.8. The molecule has 34 heavy (non-hydrogen) atoms. The molecule has 0 heterocycles. The topological polar surface area (TPSA) is 92.3 Å². The molecule has 5 aliphatic carbocycles. The Hall–Kier alpha value is -1.48. The van der Waals surface area contributed by atoms with Gasteiger partial charge in [0.1, 0.15) is 13.6 Å². The lowest BCUT2D eigenvalue weighted by atomic mass is 9.54. The van der Waals surface area contributed by atoms with E-state index < -0.39 is 11.1 Å². The number of allylic oxidation sites excluding steroid dienone is 1. The molecule has 4 saturated carbocycles. The zero-order chi connectivity index (χ0) is 23.9. The summed E-state index contributed by atoms with van der Waals surface area (Å²) in [4.78, 5) is 25.3. The molecule has 8 unspecified atom stereocenters. The van der Waals surface area contributed by atoms with E-state index in [0.29, 0.717) is 12.3 Å². The smallest absolute Gasteiger partial charge is 0.407 e. The minimum Gasteiger partial charge on any atom is -0.453 e. The van der Waals surface area contributed by atoms with E-state index in [1.165, 1.54) is 19.1 Å². The Morgan fingerprint density at radius 3 is 2.68 bits per heavy atom. The number of hydrogen-bond donors (Lipinski definition) is 1. The third-order valence-corrected chi connectivity index (χ3v) is 9.68. The Bertz CT molecular complexity index is 830. The Labute approximate surface area is 202 Å². The van der Waals surface area contributed by atoms with Gasteiger partial charge in [0.05, 0.1) is 24.4 Å². The van der Waals surface area contributed by atoms with Gasteiger partial charge in [0.15, 0.2) is 5.78 Å². The first kappa shape index (κ1) is 24.2. The molecular weight excluding hydrogens is 438 g/mol. The van der Waals surface area contributed by atoms with Crippen LogP contribution in [0.4, 0.5) is 4.79 Å². The van der Waals surface area contributed by atoms with Crippen molar-refractivity contribution in [3.05, 3.63) is 11.6 Å². The summed E-state index contributed by atoms with van der Waals surface area (Å²) in [5.74, 6) is 1.15. The van der Waals surface area contributed by atoms with Crippen LogP contribution >= 0.6 is 0 Å². The molecule has 2 bridgehead atoms. The van der Waals surface area contributed by atoms with Gasteiger partial charge < -0.3 is 29.0 Å². The highest BCUT2D eigenvalue weighted by atomic mass is 16.7. The van der Waals surface area contributed by atoms with Gasteiger partial charge in [-0.1, -0.05) is 18.4 Å². The molecule has 1 N–H and O–H groups in total. The first-order valence-corrected chi connectivity index (χ1v) is 12.8. The van der Waals surface area contributed by atoms with Crippen molar-refractivity contribution in [1.82, 2.24) is 5.32 Å². The second kappa shape index (κ2) is 9.52. The van der Waals surface area contributed by atoms with Crippen molar-refractivity contribution in [3.8, 4) is 0 Å². The summed E-state index contributed by atoms with van der Waals surface area (Å²) in [7, 11) is 4.74. The average Bonchev–Trinajstić information content (AvgIpc) is 3.06. The number of ether oxygens (including phenoxy) is 5. The SMILES string of the molecule is COCOC1CC2C3(OCOC)CC(CC4=CC(=O)CCC43)C2(NC(=O)OC)C2CCCCC12. The summed E-state index contributed by atoms with van der Waals surface area (Å²) in [6, 6.07) is 0. The van der Waals surface area contributed by atoms with Crippen molar-refractivity contribution in [2.45, 2.75) is 75.0 Å². The standard InChI is InChI=1S/C26H39NO7/c1-30-14-33-22-12-23-25(34-15-31-2)13-17(10-16-11-18(28)8-9-20(16)25)26(23,27-24(29)32-3)21-7-5-4-6-19(21)22/h11,17,19-23H,4-10,12-15H2,1-3H3,(H,27,29). The summed E-state index contributed by atoms with van der Waals surface area (Å²) < 4.78 is 28.9. The average molecular weight is 478 g/mol. The molecule has 0 aliphatic heterocycles. The van der Waals surface area contributed by atoms with Crippen molar-refractivity contribution in [2.24, 2.45) is 29.6 Å². The van der Waals surface area contributed by atoms with E-state index >= 15 is 0 Å². The molecule has 0 aromatic carbocycles. The fraction of sp³-hybridized carbons (Fsp3) is 0.846. The zero-order valence-electron chi connectivity index (χ0n) is 20.7. The third kappa shape index (κ3) is 3.64. The molecule has 4 fully saturated rings. The van der Waals surface area contributed by atoms with E-state index in [0.717, 1.165) is 44.9 Å². The van der Waals surface area contributed by atoms with Crippen LogP contribution in [0.5, 0.6) is 0 Å². The van der Waals surface area contributed by atoms with Crippen LogP contribution < -0.4 is 5.32 Å². The lowest BCUT2D eigenvalue weighted by molar-refractivity contribution is -0.208.